The van der Waals surface area contributed by atoms with Gasteiger partial charge in [0.1, 0.15) is 35.9 Å². The van der Waals surface area contributed by atoms with Crippen molar-refractivity contribution in [1.82, 2.24) is 14.8 Å². The predicted octanol–water partition coefficient (Wildman–Crippen LogP) is 4.40. The Hall–Kier alpha value is -3.95. The summed E-state index contributed by atoms with van der Waals surface area (Å²) in [4.78, 5) is 36.8. The number of amides is 1. The van der Waals surface area contributed by atoms with Gasteiger partial charge in [-0.05, 0) is 50.6 Å². The third kappa shape index (κ3) is 4.16. The highest BCUT2D eigenvalue weighted by Gasteiger charge is 2.44. The zero-order chi connectivity index (χ0) is 25.8. The van der Waals surface area contributed by atoms with Crippen molar-refractivity contribution in [2.75, 3.05) is 18.0 Å². The topological polar surface area (TPSA) is 89.7 Å². The molecular weight excluding hydrogens is 468 g/mol. The summed E-state index contributed by atoms with van der Waals surface area (Å²) in [5.41, 5.74) is 1.11. The molecular formula is C26H25F2N5O3. The van der Waals surface area contributed by atoms with Crippen molar-refractivity contribution in [2.45, 2.75) is 38.2 Å². The molecule has 10 heteroatoms. The number of hydrogen-bond acceptors (Lipinski definition) is 6. The number of rotatable bonds is 2. The van der Waals surface area contributed by atoms with Gasteiger partial charge in [0.05, 0.1) is 17.3 Å². The Morgan fingerprint density at radius 2 is 1.83 bits per heavy atom. The Morgan fingerprint density at radius 1 is 1.11 bits per heavy atom. The first kappa shape index (κ1) is 23.8. The number of ether oxygens (including phenoxy) is 1. The first-order chi connectivity index (χ1) is 17.0. The molecule has 36 heavy (non-hydrogen) atoms. The smallest absolute Gasteiger partial charge is 0.414 e. The number of aliphatic imine (C=N–C) groups is 1. The molecule has 2 unspecified atom stereocenters. The maximum Gasteiger partial charge on any atom is 0.414 e. The predicted molar refractivity (Wildman–Crippen MR) is 129 cm³/mol. The van der Waals surface area contributed by atoms with Gasteiger partial charge >= 0.3 is 6.09 Å². The van der Waals surface area contributed by atoms with Crippen molar-refractivity contribution in [3.05, 3.63) is 76.9 Å². The highest BCUT2D eigenvalue weighted by Crippen LogP contribution is 2.45. The number of Topliss-reactive ketones (excluding diaryl/α,β-unsaturated/α-hetero) is 1. The molecule has 3 aromatic rings. The number of aromatic nitrogens is 3. The summed E-state index contributed by atoms with van der Waals surface area (Å²) in [5.74, 6) is -1.91. The molecule has 0 spiro atoms. The molecule has 2 aliphatic heterocycles. The van der Waals surface area contributed by atoms with Gasteiger partial charge in [-0.15, -0.1) is 0 Å². The minimum Gasteiger partial charge on any atom is -0.443 e. The first-order valence-corrected chi connectivity index (χ1v) is 11.5. The number of nitrogens with zero attached hydrogens (tertiary/aromatic N) is 5. The van der Waals surface area contributed by atoms with Crippen LogP contribution in [0.4, 0.5) is 19.3 Å². The van der Waals surface area contributed by atoms with Crippen LogP contribution in [0.2, 0.25) is 0 Å². The summed E-state index contributed by atoms with van der Waals surface area (Å²) in [6, 6.07) is 8.37. The van der Waals surface area contributed by atoms with Crippen molar-refractivity contribution in [1.29, 1.82) is 0 Å². The molecule has 2 aromatic carbocycles. The van der Waals surface area contributed by atoms with Gasteiger partial charge in [-0.1, -0.05) is 12.1 Å². The second-order valence-corrected chi connectivity index (χ2v) is 9.94. The molecule has 0 aliphatic carbocycles. The molecule has 5 rings (SSSR count). The van der Waals surface area contributed by atoms with Crippen LogP contribution in [-0.2, 0) is 11.8 Å². The van der Waals surface area contributed by atoms with E-state index in [2.05, 4.69) is 15.1 Å². The van der Waals surface area contributed by atoms with E-state index in [1.807, 2.05) is 0 Å². The van der Waals surface area contributed by atoms with Crippen LogP contribution in [0.1, 0.15) is 59.9 Å². The van der Waals surface area contributed by atoms with Crippen LogP contribution >= 0.6 is 0 Å². The SMILES string of the molecule is Cn1ncnc1C1C2=NCC(=O)c3cc(F)cc(c32)N(C(=O)OC(C)(C)C)CC1c1ccc(F)cc1. The van der Waals surface area contributed by atoms with E-state index in [9.17, 15) is 18.4 Å². The summed E-state index contributed by atoms with van der Waals surface area (Å²) in [6.07, 6.45) is 0.715. The maximum atomic E-state index is 14.8. The van der Waals surface area contributed by atoms with Crippen LogP contribution < -0.4 is 4.90 Å². The molecule has 1 aromatic heterocycles. The standard InChI is InChI=1S/C26H25F2N5O3/c1-26(2,3)36-25(35)33-12-18(14-5-7-15(27)8-6-14)22(24-30-13-31-32(24)4)23-21-17(20(34)11-29-23)9-16(28)10-19(21)33/h5-10,13,18,22H,11-12H2,1-4H3. The number of carbonyl (C=O) groups is 2. The lowest BCUT2D eigenvalue weighted by Gasteiger charge is -2.30. The fourth-order valence-corrected chi connectivity index (χ4v) is 4.85. The zero-order valence-corrected chi connectivity index (χ0v) is 20.3. The Labute approximate surface area is 206 Å². The van der Waals surface area contributed by atoms with Crippen molar-refractivity contribution in [3.8, 4) is 0 Å². The van der Waals surface area contributed by atoms with Gasteiger partial charge < -0.3 is 4.74 Å². The zero-order valence-electron chi connectivity index (χ0n) is 20.3. The third-order valence-electron chi connectivity index (χ3n) is 6.34. The molecule has 0 bridgehead atoms. The van der Waals surface area contributed by atoms with E-state index in [0.717, 1.165) is 0 Å². The van der Waals surface area contributed by atoms with E-state index >= 15 is 0 Å². The summed E-state index contributed by atoms with van der Waals surface area (Å²) in [7, 11) is 1.74. The van der Waals surface area contributed by atoms with Crippen LogP contribution in [0.3, 0.4) is 0 Å². The number of ketones is 1. The van der Waals surface area contributed by atoms with Gasteiger partial charge in [0, 0.05) is 30.6 Å². The van der Waals surface area contributed by atoms with E-state index in [1.165, 1.54) is 35.5 Å². The number of hydrogen-bond donors (Lipinski definition) is 0. The number of halogens is 2. The summed E-state index contributed by atoms with van der Waals surface area (Å²) < 4.78 is 36.0. The van der Waals surface area contributed by atoms with E-state index in [1.54, 1.807) is 44.6 Å². The van der Waals surface area contributed by atoms with Crippen LogP contribution in [0, 0.1) is 11.6 Å². The van der Waals surface area contributed by atoms with Gasteiger partial charge in [0.2, 0.25) is 0 Å². The molecule has 0 N–H and O–H groups in total. The lowest BCUT2D eigenvalue weighted by Crippen LogP contribution is -2.39. The summed E-state index contributed by atoms with van der Waals surface area (Å²) in [5, 5.41) is 4.22. The van der Waals surface area contributed by atoms with E-state index in [4.69, 9.17) is 4.74 Å². The molecule has 8 nitrogen and oxygen atoms in total. The number of benzene rings is 2. The number of aryl methyl sites for hydroxylation is 1. The molecule has 0 fully saturated rings. The Morgan fingerprint density at radius 3 is 2.47 bits per heavy atom. The second-order valence-electron chi connectivity index (χ2n) is 9.94. The lowest BCUT2D eigenvalue weighted by molar-refractivity contribution is 0.0577. The van der Waals surface area contributed by atoms with Crippen molar-refractivity contribution in [2.24, 2.45) is 12.0 Å². The van der Waals surface area contributed by atoms with E-state index in [-0.39, 0.29) is 30.1 Å². The molecule has 1 amide bonds. The molecule has 0 saturated carbocycles. The molecule has 3 heterocycles. The van der Waals surface area contributed by atoms with Gasteiger partial charge in [-0.2, -0.15) is 5.10 Å². The van der Waals surface area contributed by atoms with Crippen LogP contribution in [0.25, 0.3) is 0 Å². The monoisotopic (exact) mass is 493 g/mol. The van der Waals surface area contributed by atoms with Gasteiger partial charge in [-0.25, -0.2) is 18.6 Å². The van der Waals surface area contributed by atoms with Crippen LogP contribution in [-0.4, -0.2) is 51.0 Å². The van der Waals surface area contributed by atoms with Crippen LogP contribution in [0.5, 0.6) is 0 Å². The first-order valence-electron chi connectivity index (χ1n) is 11.5. The van der Waals surface area contributed by atoms with Crippen molar-refractivity contribution in [3.63, 3.8) is 0 Å². The van der Waals surface area contributed by atoms with Gasteiger partial charge in [0.15, 0.2) is 5.78 Å². The average molecular weight is 494 g/mol. The molecule has 186 valence electrons. The largest absolute Gasteiger partial charge is 0.443 e. The number of anilines is 1. The molecule has 2 atom stereocenters. The molecule has 0 radical (unpaired) electrons. The fourth-order valence-electron chi connectivity index (χ4n) is 4.85. The van der Waals surface area contributed by atoms with Gasteiger partial charge in [0.25, 0.3) is 0 Å². The second kappa shape index (κ2) is 8.61. The molecule has 2 aliphatic rings. The van der Waals surface area contributed by atoms with E-state index < -0.39 is 35.2 Å². The normalized spacial score (nSPS) is 19.4. The Balaban J connectivity index is 1.80. The Kier molecular flexibility index (Phi) is 5.69. The van der Waals surface area contributed by atoms with Gasteiger partial charge in [-0.3, -0.25) is 19.4 Å². The van der Waals surface area contributed by atoms with Crippen molar-refractivity contribution < 1.29 is 23.1 Å². The third-order valence-corrected chi connectivity index (χ3v) is 6.34. The number of carbonyl (C=O) groups excluding carboxylic acids is 2. The lowest BCUT2D eigenvalue weighted by atomic mass is 9.78. The molecule has 0 saturated heterocycles. The average Bonchev–Trinajstić information content (AvgIpc) is 3.16. The minimum atomic E-state index is -0.822. The summed E-state index contributed by atoms with van der Waals surface area (Å²) >= 11 is 0. The van der Waals surface area contributed by atoms with Crippen LogP contribution in [0.15, 0.2) is 47.7 Å². The summed E-state index contributed by atoms with van der Waals surface area (Å²) in [6.45, 7) is 5.09. The maximum absolute atomic E-state index is 14.8. The minimum absolute atomic E-state index is 0.0428. The fraction of sp³-hybridized carbons (Fsp3) is 0.346. The quantitative estimate of drug-likeness (QED) is 0.528. The van der Waals surface area contributed by atoms with E-state index in [0.29, 0.717) is 22.7 Å². The highest BCUT2D eigenvalue weighted by atomic mass is 19.1. The highest BCUT2D eigenvalue weighted by molar-refractivity contribution is 6.21. The Bertz CT molecular complexity index is 1390. The van der Waals surface area contributed by atoms with Crippen molar-refractivity contribution >= 4 is 23.3 Å².